The van der Waals surface area contributed by atoms with Crippen molar-refractivity contribution in [3.8, 4) is 17.2 Å². The van der Waals surface area contributed by atoms with E-state index in [1.54, 1.807) is 0 Å². The van der Waals surface area contributed by atoms with Crippen LogP contribution in [0.2, 0.25) is 30.1 Å². The van der Waals surface area contributed by atoms with Crippen LogP contribution in [0.25, 0.3) is 0 Å². The number of ether oxygens (including phenoxy) is 2. The summed E-state index contributed by atoms with van der Waals surface area (Å²) in [6.45, 7) is 0. The van der Waals surface area contributed by atoms with Crippen molar-refractivity contribution in [2.75, 3.05) is 7.11 Å². The minimum absolute atomic E-state index is 0.0762. The zero-order valence-corrected chi connectivity index (χ0v) is 14.9. The van der Waals surface area contributed by atoms with Crippen LogP contribution in [0.4, 0.5) is 0 Å². The predicted octanol–water partition coefficient (Wildman–Crippen LogP) is 7.41. The second kappa shape index (κ2) is 6.91. The van der Waals surface area contributed by atoms with Gasteiger partial charge >= 0.3 is 0 Å². The second-order valence-corrected chi connectivity index (χ2v) is 6.23. The third kappa shape index (κ3) is 3.58. The van der Waals surface area contributed by atoms with Crippen LogP contribution in [0.5, 0.6) is 17.2 Å². The molecule has 0 heterocycles. The van der Waals surface area contributed by atoms with E-state index in [-0.39, 0.29) is 36.6 Å². The number of methoxy groups -OCH3 is 1. The van der Waals surface area contributed by atoms with E-state index >= 15 is 0 Å². The smallest absolute Gasteiger partial charge is 0.180 e. The molecule has 2 nitrogen and oxygen atoms in total. The number of halogens is 6. The number of benzene rings is 2. The lowest BCUT2D eigenvalue weighted by molar-refractivity contribution is 0.379. The predicted molar refractivity (Wildman–Crippen MR) is 89.6 cm³/mol. The fourth-order valence-electron chi connectivity index (χ4n) is 1.56. The molecule has 0 saturated heterocycles. The molecule has 2 aromatic carbocycles. The van der Waals surface area contributed by atoms with E-state index in [2.05, 4.69) is 0 Å². The topological polar surface area (TPSA) is 18.5 Å². The Kier molecular flexibility index (Phi) is 5.64. The van der Waals surface area contributed by atoms with Crippen molar-refractivity contribution in [2.45, 2.75) is 0 Å². The highest BCUT2D eigenvalue weighted by Crippen LogP contribution is 2.47. The first kappa shape index (κ1) is 17.1. The normalized spacial score (nSPS) is 10.6. The maximum absolute atomic E-state index is 6.10. The summed E-state index contributed by atoms with van der Waals surface area (Å²) in [5.41, 5.74) is 0. The van der Waals surface area contributed by atoms with Gasteiger partial charge in [-0.05, 0) is 12.1 Å². The molecule has 0 unspecified atom stereocenters. The van der Waals surface area contributed by atoms with Gasteiger partial charge in [0.2, 0.25) is 0 Å². The number of hydrogen-bond donors (Lipinski definition) is 0. The average Bonchev–Trinajstić information content (AvgIpc) is 2.41. The quantitative estimate of drug-likeness (QED) is 0.390. The summed E-state index contributed by atoms with van der Waals surface area (Å²) in [5, 5.41) is 1.26. The fraction of sp³-hybridized carbons (Fsp3) is 0.0769. The molecule has 21 heavy (non-hydrogen) atoms. The zero-order valence-electron chi connectivity index (χ0n) is 10.3. The van der Waals surface area contributed by atoms with Crippen LogP contribution in [0, 0.1) is 0 Å². The maximum atomic E-state index is 6.10. The van der Waals surface area contributed by atoms with Crippen molar-refractivity contribution in [2.24, 2.45) is 0 Å². The molecule has 0 radical (unpaired) electrons. The summed E-state index contributed by atoms with van der Waals surface area (Å²) in [5.74, 6) is 0.667. The second-order valence-electron chi connectivity index (χ2n) is 3.82. The summed E-state index contributed by atoms with van der Waals surface area (Å²) < 4.78 is 10.8. The first-order valence-electron chi connectivity index (χ1n) is 5.39. The van der Waals surface area contributed by atoms with Gasteiger partial charge in [0.15, 0.2) is 17.2 Å². The summed E-state index contributed by atoms with van der Waals surface area (Å²) in [6.07, 6.45) is 0. The number of rotatable bonds is 3. The number of hydrogen-bond acceptors (Lipinski definition) is 2. The van der Waals surface area contributed by atoms with E-state index in [0.717, 1.165) is 0 Å². The van der Waals surface area contributed by atoms with Crippen LogP contribution in [-0.2, 0) is 0 Å². The molecule has 0 atom stereocenters. The van der Waals surface area contributed by atoms with Crippen molar-refractivity contribution in [1.82, 2.24) is 0 Å². The molecule has 2 rings (SSSR count). The lowest BCUT2D eigenvalue weighted by Crippen LogP contribution is -1.93. The first-order valence-corrected chi connectivity index (χ1v) is 7.65. The van der Waals surface area contributed by atoms with Gasteiger partial charge in [-0.3, -0.25) is 0 Å². The molecule has 0 N–H and O–H groups in total. The van der Waals surface area contributed by atoms with Gasteiger partial charge in [0, 0.05) is 11.1 Å². The highest BCUT2D eigenvalue weighted by atomic mass is 35.5. The molecule has 2 aromatic rings. The molecule has 0 aliphatic heterocycles. The molecule has 0 spiro atoms. The van der Waals surface area contributed by atoms with Crippen LogP contribution in [0.15, 0.2) is 18.2 Å². The van der Waals surface area contributed by atoms with Crippen LogP contribution in [0.1, 0.15) is 0 Å². The van der Waals surface area contributed by atoms with Crippen molar-refractivity contribution < 1.29 is 9.47 Å². The lowest BCUT2D eigenvalue weighted by atomic mass is 10.3. The minimum Gasteiger partial charge on any atom is -0.491 e. The Bertz CT molecular complexity index is 702. The molecular weight excluding hydrogens is 401 g/mol. The Morgan fingerprint density at radius 2 is 1.33 bits per heavy atom. The zero-order chi connectivity index (χ0) is 15.7. The van der Waals surface area contributed by atoms with E-state index in [9.17, 15) is 0 Å². The third-order valence-corrected chi connectivity index (χ3v) is 4.49. The van der Waals surface area contributed by atoms with Crippen LogP contribution < -0.4 is 9.47 Å². The maximum Gasteiger partial charge on any atom is 0.180 e. The van der Waals surface area contributed by atoms with Crippen molar-refractivity contribution in [3.05, 3.63) is 48.3 Å². The van der Waals surface area contributed by atoms with Gasteiger partial charge in [0.25, 0.3) is 0 Å². The van der Waals surface area contributed by atoms with Crippen LogP contribution >= 0.6 is 69.6 Å². The summed E-state index contributed by atoms with van der Waals surface area (Å²) in [7, 11) is 1.44. The van der Waals surface area contributed by atoms with Gasteiger partial charge in [-0.15, -0.1) is 0 Å². The van der Waals surface area contributed by atoms with E-state index < -0.39 is 0 Å². The van der Waals surface area contributed by atoms with Gasteiger partial charge in [0.05, 0.1) is 27.2 Å². The molecular formula is C13H6Cl6O2. The molecule has 0 bridgehead atoms. The van der Waals surface area contributed by atoms with Gasteiger partial charge in [-0.1, -0.05) is 69.6 Å². The summed E-state index contributed by atoms with van der Waals surface area (Å²) in [4.78, 5) is 0. The van der Waals surface area contributed by atoms with Crippen LogP contribution in [0.3, 0.4) is 0 Å². The summed E-state index contributed by atoms with van der Waals surface area (Å²) in [6, 6.07) is 4.46. The largest absolute Gasteiger partial charge is 0.491 e. The van der Waals surface area contributed by atoms with E-state index in [4.69, 9.17) is 79.1 Å². The molecule has 0 amide bonds. The molecule has 8 heteroatoms. The molecule has 112 valence electrons. The van der Waals surface area contributed by atoms with Crippen LogP contribution in [-0.4, -0.2) is 7.11 Å². The van der Waals surface area contributed by atoms with E-state index in [1.807, 2.05) is 0 Å². The van der Waals surface area contributed by atoms with Gasteiger partial charge < -0.3 is 9.47 Å². The summed E-state index contributed by atoms with van der Waals surface area (Å²) >= 11 is 36.0. The molecule has 0 aliphatic rings. The van der Waals surface area contributed by atoms with Crippen molar-refractivity contribution >= 4 is 69.6 Å². The SMILES string of the molecule is COc1c(Cl)cc(Cl)cc1Oc1c(Cl)cc(Cl)c(Cl)c1Cl. The van der Waals surface area contributed by atoms with Crippen molar-refractivity contribution in [3.63, 3.8) is 0 Å². The van der Waals surface area contributed by atoms with Gasteiger partial charge in [-0.25, -0.2) is 0 Å². The first-order chi connectivity index (χ1) is 9.85. The van der Waals surface area contributed by atoms with Gasteiger partial charge in [-0.2, -0.15) is 0 Å². The van der Waals surface area contributed by atoms with E-state index in [1.165, 1.54) is 25.3 Å². The minimum atomic E-state index is 0.0762. The Labute approximate surface area is 151 Å². The molecule has 0 aromatic heterocycles. The highest BCUT2D eigenvalue weighted by Gasteiger charge is 2.19. The highest BCUT2D eigenvalue weighted by molar-refractivity contribution is 6.50. The standard InChI is InChI=1S/C13H6Cl6O2/c1-20-12-7(16)2-5(14)3-9(12)21-13-8(17)4-6(15)10(18)11(13)19/h2-4H,1H3. The molecule has 0 saturated carbocycles. The Morgan fingerprint density at radius 3 is 1.95 bits per heavy atom. The van der Waals surface area contributed by atoms with Crippen molar-refractivity contribution in [1.29, 1.82) is 0 Å². The van der Waals surface area contributed by atoms with Gasteiger partial charge in [0.1, 0.15) is 5.02 Å². The fourth-order valence-corrected chi connectivity index (χ4v) is 3.10. The Balaban J connectivity index is 2.56. The lowest BCUT2D eigenvalue weighted by Gasteiger charge is -2.15. The molecule has 0 aliphatic carbocycles. The Hall–Kier alpha value is -0.220. The average molecular weight is 407 g/mol. The molecule has 0 fully saturated rings. The van der Waals surface area contributed by atoms with E-state index in [0.29, 0.717) is 10.8 Å². The third-order valence-electron chi connectivity index (χ3n) is 2.46. The Morgan fingerprint density at radius 1 is 0.714 bits per heavy atom. The monoisotopic (exact) mass is 404 g/mol.